The lowest BCUT2D eigenvalue weighted by Crippen LogP contribution is -2.11. The van der Waals surface area contributed by atoms with E-state index in [0.717, 1.165) is 28.0 Å². The van der Waals surface area contributed by atoms with E-state index in [2.05, 4.69) is 43.2 Å². The molecule has 0 aliphatic carbocycles. The van der Waals surface area contributed by atoms with Crippen molar-refractivity contribution in [2.75, 3.05) is 45.1 Å². The third kappa shape index (κ3) is 4.98. The maximum atomic E-state index is 5.52. The van der Waals surface area contributed by atoms with Gasteiger partial charge < -0.3 is 30.6 Å². The molecule has 136 valence electrons. The molecular formula is C16H22IN5O3. The van der Waals surface area contributed by atoms with Crippen LogP contribution in [0.2, 0.25) is 0 Å². The first-order valence-corrected chi connectivity index (χ1v) is 8.74. The Hall–Kier alpha value is -2.01. The Morgan fingerprint density at radius 1 is 1.12 bits per heavy atom. The number of benzene rings is 1. The molecule has 1 aromatic carbocycles. The van der Waals surface area contributed by atoms with Gasteiger partial charge in [-0.15, -0.1) is 0 Å². The Morgan fingerprint density at radius 2 is 1.80 bits per heavy atom. The van der Waals surface area contributed by atoms with E-state index >= 15 is 0 Å². The summed E-state index contributed by atoms with van der Waals surface area (Å²) in [5.74, 6) is 2.86. The number of hydrogen-bond donors (Lipinski definition) is 3. The lowest BCUT2D eigenvalue weighted by molar-refractivity contribution is 0.324. The highest BCUT2D eigenvalue weighted by Gasteiger charge is 2.14. The lowest BCUT2D eigenvalue weighted by Gasteiger charge is -2.15. The molecule has 0 fully saturated rings. The molecule has 0 saturated carbocycles. The van der Waals surface area contributed by atoms with Gasteiger partial charge in [0.1, 0.15) is 5.82 Å². The van der Waals surface area contributed by atoms with Crippen molar-refractivity contribution >= 4 is 40.0 Å². The molecule has 0 spiro atoms. The van der Waals surface area contributed by atoms with Crippen molar-refractivity contribution in [1.29, 1.82) is 0 Å². The molecular weight excluding hydrogens is 437 g/mol. The highest BCUT2D eigenvalue weighted by Crippen LogP contribution is 2.40. The SMILES string of the molecule is COc1cc(Nc2ncc(I)c(NCCCN)n2)cc(OC)c1OC. The van der Waals surface area contributed by atoms with Crippen molar-refractivity contribution in [3.05, 3.63) is 21.9 Å². The predicted molar refractivity (Wildman–Crippen MR) is 106 cm³/mol. The summed E-state index contributed by atoms with van der Waals surface area (Å²) in [5, 5.41) is 6.41. The minimum atomic E-state index is 0.463. The van der Waals surface area contributed by atoms with Crippen molar-refractivity contribution in [2.24, 2.45) is 5.73 Å². The Balaban J connectivity index is 2.25. The Labute approximate surface area is 160 Å². The molecule has 0 aliphatic heterocycles. The Bertz CT molecular complexity index is 689. The van der Waals surface area contributed by atoms with Crippen molar-refractivity contribution in [3.8, 4) is 17.2 Å². The molecule has 0 bridgehead atoms. The van der Waals surface area contributed by atoms with Crippen LogP contribution in [0.5, 0.6) is 17.2 Å². The van der Waals surface area contributed by atoms with Crippen molar-refractivity contribution in [3.63, 3.8) is 0 Å². The second kappa shape index (κ2) is 9.47. The van der Waals surface area contributed by atoms with Crippen molar-refractivity contribution in [2.45, 2.75) is 6.42 Å². The number of ether oxygens (including phenoxy) is 3. The first kappa shape index (κ1) is 19.3. The summed E-state index contributed by atoms with van der Waals surface area (Å²) >= 11 is 2.19. The zero-order chi connectivity index (χ0) is 18.2. The molecule has 0 saturated heterocycles. The fourth-order valence-electron chi connectivity index (χ4n) is 2.14. The summed E-state index contributed by atoms with van der Waals surface area (Å²) in [7, 11) is 4.71. The van der Waals surface area contributed by atoms with Crippen molar-refractivity contribution in [1.82, 2.24) is 9.97 Å². The van der Waals surface area contributed by atoms with Crippen molar-refractivity contribution < 1.29 is 14.2 Å². The van der Waals surface area contributed by atoms with Gasteiger partial charge >= 0.3 is 0 Å². The van der Waals surface area contributed by atoms with E-state index < -0.39 is 0 Å². The summed E-state index contributed by atoms with van der Waals surface area (Å²) in [6.07, 6.45) is 2.62. The molecule has 2 rings (SSSR count). The predicted octanol–water partition coefficient (Wildman–Crippen LogP) is 2.61. The summed E-state index contributed by atoms with van der Waals surface area (Å²) in [6, 6.07) is 3.59. The number of anilines is 3. The van der Waals surface area contributed by atoms with Crippen LogP contribution >= 0.6 is 22.6 Å². The molecule has 0 atom stereocenters. The number of halogens is 1. The van der Waals surface area contributed by atoms with E-state index in [1.807, 2.05) is 0 Å². The molecule has 9 heteroatoms. The highest BCUT2D eigenvalue weighted by atomic mass is 127. The number of nitrogens with two attached hydrogens (primary N) is 1. The van der Waals surface area contributed by atoms with Gasteiger partial charge in [-0.05, 0) is 35.6 Å². The molecule has 0 radical (unpaired) electrons. The Kier molecular flexibility index (Phi) is 7.31. The molecule has 1 heterocycles. The molecule has 2 aromatic rings. The van der Waals surface area contributed by atoms with E-state index in [4.69, 9.17) is 19.9 Å². The second-order valence-corrected chi connectivity index (χ2v) is 6.16. The summed E-state index contributed by atoms with van der Waals surface area (Å²) < 4.78 is 17.0. The van der Waals surface area contributed by atoms with Crippen LogP contribution in [0.15, 0.2) is 18.3 Å². The number of rotatable bonds is 9. The average Bonchev–Trinajstić information content (AvgIpc) is 2.63. The highest BCUT2D eigenvalue weighted by molar-refractivity contribution is 14.1. The third-order valence-electron chi connectivity index (χ3n) is 3.34. The van der Waals surface area contributed by atoms with Gasteiger partial charge in [0.2, 0.25) is 11.7 Å². The monoisotopic (exact) mass is 459 g/mol. The number of aromatic nitrogens is 2. The van der Waals surface area contributed by atoms with Crippen LogP contribution in [0.3, 0.4) is 0 Å². The quantitative estimate of drug-likeness (QED) is 0.389. The Morgan fingerprint density at radius 3 is 2.36 bits per heavy atom. The van der Waals surface area contributed by atoms with Gasteiger partial charge in [-0.2, -0.15) is 4.98 Å². The van der Waals surface area contributed by atoms with E-state index in [-0.39, 0.29) is 0 Å². The van der Waals surface area contributed by atoms with Gasteiger partial charge in [-0.25, -0.2) is 4.98 Å². The van der Waals surface area contributed by atoms with E-state index in [1.165, 1.54) is 0 Å². The van der Waals surface area contributed by atoms with Gasteiger partial charge in [-0.3, -0.25) is 0 Å². The average molecular weight is 459 g/mol. The maximum absolute atomic E-state index is 5.52. The van der Waals surface area contributed by atoms with E-state index in [9.17, 15) is 0 Å². The largest absolute Gasteiger partial charge is 0.493 e. The first-order valence-electron chi connectivity index (χ1n) is 7.66. The van der Waals surface area contributed by atoms with Gasteiger partial charge in [0.15, 0.2) is 11.5 Å². The zero-order valence-corrected chi connectivity index (χ0v) is 16.6. The van der Waals surface area contributed by atoms with Gasteiger partial charge in [-0.1, -0.05) is 0 Å². The minimum Gasteiger partial charge on any atom is -0.493 e. The normalized spacial score (nSPS) is 10.3. The topological polar surface area (TPSA) is 104 Å². The van der Waals surface area contributed by atoms with Crippen LogP contribution < -0.4 is 30.6 Å². The standard InChI is InChI=1S/C16H22IN5O3/c1-23-12-7-10(8-13(24-2)14(12)25-3)21-16-20-9-11(17)15(22-16)19-6-4-5-18/h7-9H,4-6,18H2,1-3H3,(H2,19,20,21,22). The van der Waals surface area contributed by atoms with Crippen LogP contribution in [0.1, 0.15) is 6.42 Å². The van der Waals surface area contributed by atoms with E-state index in [0.29, 0.717) is 29.7 Å². The van der Waals surface area contributed by atoms with Crippen LogP contribution in [-0.2, 0) is 0 Å². The summed E-state index contributed by atoms with van der Waals surface area (Å²) in [5.41, 5.74) is 6.25. The van der Waals surface area contributed by atoms with Gasteiger partial charge in [0, 0.05) is 30.6 Å². The van der Waals surface area contributed by atoms with E-state index in [1.54, 1.807) is 39.7 Å². The van der Waals surface area contributed by atoms with Crippen LogP contribution in [0.25, 0.3) is 0 Å². The molecule has 25 heavy (non-hydrogen) atoms. The third-order valence-corrected chi connectivity index (χ3v) is 4.13. The summed E-state index contributed by atoms with van der Waals surface area (Å²) in [4.78, 5) is 8.81. The first-order chi connectivity index (χ1) is 12.1. The molecule has 0 aliphatic rings. The van der Waals surface area contributed by atoms with Crippen LogP contribution in [-0.4, -0.2) is 44.4 Å². The molecule has 4 N–H and O–H groups in total. The molecule has 8 nitrogen and oxygen atoms in total. The number of hydrogen-bond acceptors (Lipinski definition) is 8. The molecule has 0 unspecified atom stereocenters. The molecule has 0 amide bonds. The lowest BCUT2D eigenvalue weighted by atomic mass is 10.2. The fourth-order valence-corrected chi connectivity index (χ4v) is 2.59. The summed E-state index contributed by atoms with van der Waals surface area (Å²) in [6.45, 7) is 1.39. The number of nitrogens with zero attached hydrogens (tertiary/aromatic N) is 2. The van der Waals surface area contributed by atoms with Crippen LogP contribution in [0.4, 0.5) is 17.5 Å². The fraction of sp³-hybridized carbons (Fsp3) is 0.375. The molecule has 1 aromatic heterocycles. The minimum absolute atomic E-state index is 0.463. The number of methoxy groups -OCH3 is 3. The number of nitrogens with one attached hydrogen (secondary N) is 2. The van der Waals surface area contributed by atoms with Crippen LogP contribution in [0, 0.1) is 3.57 Å². The van der Waals surface area contributed by atoms with Gasteiger partial charge in [0.25, 0.3) is 0 Å². The zero-order valence-electron chi connectivity index (χ0n) is 14.4. The second-order valence-electron chi connectivity index (χ2n) is 5.00. The maximum Gasteiger partial charge on any atom is 0.229 e. The smallest absolute Gasteiger partial charge is 0.229 e. The van der Waals surface area contributed by atoms with Gasteiger partial charge in [0.05, 0.1) is 24.9 Å².